The van der Waals surface area contributed by atoms with Gasteiger partial charge in [-0.3, -0.25) is 0 Å². The molecule has 6 nitrogen and oxygen atoms in total. The molecule has 0 aliphatic carbocycles. The number of nitrogens with one attached hydrogen (secondary N) is 1. The summed E-state index contributed by atoms with van der Waals surface area (Å²) < 4.78 is 19.4. The molecule has 0 aliphatic heterocycles. The largest absolute Gasteiger partial charge is 0.489 e. The van der Waals surface area contributed by atoms with Gasteiger partial charge in [0.05, 0.1) is 24.0 Å². The smallest absolute Gasteiger partial charge is 0.146 e. The van der Waals surface area contributed by atoms with Crippen molar-refractivity contribution in [3.8, 4) is 16.9 Å². The summed E-state index contributed by atoms with van der Waals surface area (Å²) in [5.41, 5.74) is 4.16. The Morgan fingerprint density at radius 3 is 2.47 bits per heavy atom. The Morgan fingerprint density at radius 2 is 1.77 bits per heavy atom. The van der Waals surface area contributed by atoms with Crippen molar-refractivity contribution >= 4 is 16.7 Å². The minimum absolute atomic E-state index is 0.0223. The minimum Gasteiger partial charge on any atom is -0.489 e. The van der Waals surface area contributed by atoms with Gasteiger partial charge in [-0.1, -0.05) is 12.1 Å². The van der Waals surface area contributed by atoms with E-state index in [9.17, 15) is 4.39 Å². The molecule has 4 rings (SSSR count). The highest BCUT2D eigenvalue weighted by Gasteiger charge is 2.14. The first-order chi connectivity index (χ1) is 14.5. The van der Waals surface area contributed by atoms with E-state index < -0.39 is 0 Å². The number of aryl methyl sites for hydroxylation is 1. The molecule has 2 aromatic carbocycles. The molecule has 0 saturated carbocycles. The SMILES string of the molecule is Cc1ccc(CNc2ncnc3c(OC(C)C)cc(-c4ccc(F)cc4)cc23)nn1. The van der Waals surface area contributed by atoms with E-state index in [4.69, 9.17) is 4.74 Å². The molecule has 7 heteroatoms. The van der Waals surface area contributed by atoms with Gasteiger partial charge in [-0.2, -0.15) is 10.2 Å². The molecule has 152 valence electrons. The first kappa shape index (κ1) is 19.7. The van der Waals surface area contributed by atoms with Crippen molar-refractivity contribution < 1.29 is 9.13 Å². The highest BCUT2D eigenvalue weighted by molar-refractivity contribution is 5.96. The molecule has 0 atom stereocenters. The fourth-order valence-electron chi connectivity index (χ4n) is 3.12. The third kappa shape index (κ3) is 4.35. The quantitative estimate of drug-likeness (QED) is 0.492. The second-order valence-corrected chi connectivity index (χ2v) is 7.29. The monoisotopic (exact) mass is 403 g/mol. The lowest BCUT2D eigenvalue weighted by molar-refractivity contribution is 0.245. The van der Waals surface area contributed by atoms with Crippen LogP contribution in [0.1, 0.15) is 25.2 Å². The molecule has 0 aliphatic rings. The molecule has 2 heterocycles. The van der Waals surface area contributed by atoms with Gasteiger partial charge in [0.1, 0.15) is 29.2 Å². The zero-order valence-electron chi connectivity index (χ0n) is 17.1. The normalized spacial score (nSPS) is 11.1. The molecule has 0 bridgehead atoms. The number of aromatic nitrogens is 4. The summed E-state index contributed by atoms with van der Waals surface area (Å²) in [5.74, 6) is 1.05. The number of nitrogens with zero attached hydrogens (tertiary/aromatic N) is 4. The number of rotatable bonds is 6. The van der Waals surface area contributed by atoms with E-state index in [0.29, 0.717) is 23.6 Å². The topological polar surface area (TPSA) is 72.8 Å². The zero-order valence-corrected chi connectivity index (χ0v) is 17.1. The van der Waals surface area contributed by atoms with Gasteiger partial charge in [-0.05, 0) is 68.3 Å². The van der Waals surface area contributed by atoms with Crippen molar-refractivity contribution in [2.75, 3.05) is 5.32 Å². The van der Waals surface area contributed by atoms with Crippen LogP contribution in [0.4, 0.5) is 10.2 Å². The standard InChI is InChI=1S/C23H22FN5O/c1-14(2)30-21-11-17(16-5-7-18(24)8-6-16)10-20-22(21)26-13-27-23(20)25-12-19-9-4-15(3)28-29-19/h4-11,13-14H,12H2,1-3H3,(H,25,26,27). The van der Waals surface area contributed by atoms with Crippen molar-refractivity contribution in [1.29, 1.82) is 0 Å². The van der Waals surface area contributed by atoms with Gasteiger partial charge < -0.3 is 10.1 Å². The fraction of sp³-hybridized carbons (Fsp3) is 0.217. The molecular weight excluding hydrogens is 381 g/mol. The number of benzene rings is 2. The number of hydrogen-bond donors (Lipinski definition) is 1. The van der Waals surface area contributed by atoms with Gasteiger partial charge in [0.15, 0.2) is 0 Å². The third-order valence-corrected chi connectivity index (χ3v) is 4.53. The Balaban J connectivity index is 1.77. The molecule has 4 aromatic rings. The van der Waals surface area contributed by atoms with E-state index in [1.54, 1.807) is 12.1 Å². The zero-order chi connectivity index (χ0) is 21.1. The Morgan fingerprint density at radius 1 is 0.967 bits per heavy atom. The van der Waals surface area contributed by atoms with Gasteiger partial charge in [0.25, 0.3) is 0 Å². The predicted octanol–water partition coefficient (Wildman–Crippen LogP) is 4.93. The third-order valence-electron chi connectivity index (χ3n) is 4.53. The van der Waals surface area contributed by atoms with Gasteiger partial charge in [-0.25, -0.2) is 14.4 Å². The lowest BCUT2D eigenvalue weighted by Crippen LogP contribution is -2.08. The summed E-state index contributed by atoms with van der Waals surface area (Å²) in [7, 11) is 0. The molecule has 0 amide bonds. The predicted molar refractivity (Wildman–Crippen MR) is 115 cm³/mol. The number of halogens is 1. The molecule has 1 N–H and O–H groups in total. The van der Waals surface area contributed by atoms with E-state index in [1.807, 2.05) is 45.0 Å². The summed E-state index contributed by atoms with van der Waals surface area (Å²) in [5, 5.41) is 12.4. The van der Waals surface area contributed by atoms with Gasteiger partial charge in [0.2, 0.25) is 0 Å². The molecule has 2 aromatic heterocycles. The second kappa shape index (κ2) is 8.41. The highest BCUT2D eigenvalue weighted by atomic mass is 19.1. The van der Waals surface area contributed by atoms with Crippen molar-refractivity contribution in [3.63, 3.8) is 0 Å². The van der Waals surface area contributed by atoms with Gasteiger partial charge in [0, 0.05) is 5.39 Å². The van der Waals surface area contributed by atoms with Crippen LogP contribution in [0, 0.1) is 12.7 Å². The van der Waals surface area contributed by atoms with E-state index in [2.05, 4.69) is 25.5 Å². The average Bonchev–Trinajstić information content (AvgIpc) is 2.73. The summed E-state index contributed by atoms with van der Waals surface area (Å²) >= 11 is 0. The van der Waals surface area contributed by atoms with Crippen LogP contribution < -0.4 is 10.1 Å². The maximum atomic E-state index is 13.4. The maximum Gasteiger partial charge on any atom is 0.146 e. The van der Waals surface area contributed by atoms with Gasteiger partial charge >= 0.3 is 0 Å². The molecule has 0 fully saturated rings. The van der Waals surface area contributed by atoms with Crippen molar-refractivity contribution in [2.45, 2.75) is 33.4 Å². The van der Waals surface area contributed by atoms with Crippen LogP contribution in [-0.4, -0.2) is 26.3 Å². The minimum atomic E-state index is -0.275. The Kier molecular flexibility index (Phi) is 5.52. The van der Waals surface area contributed by atoms with Crippen LogP contribution in [0.25, 0.3) is 22.0 Å². The van der Waals surface area contributed by atoms with Crippen molar-refractivity contribution in [3.05, 3.63) is 72.1 Å². The molecule has 0 unspecified atom stereocenters. The van der Waals surface area contributed by atoms with E-state index in [-0.39, 0.29) is 11.9 Å². The van der Waals surface area contributed by atoms with Crippen LogP contribution in [-0.2, 0) is 6.54 Å². The maximum absolute atomic E-state index is 13.4. The fourth-order valence-corrected chi connectivity index (χ4v) is 3.12. The van der Waals surface area contributed by atoms with Crippen LogP contribution in [0.3, 0.4) is 0 Å². The number of hydrogen-bond acceptors (Lipinski definition) is 6. The Hall–Kier alpha value is -3.61. The van der Waals surface area contributed by atoms with Crippen molar-refractivity contribution in [1.82, 2.24) is 20.2 Å². The van der Waals surface area contributed by atoms with Crippen LogP contribution in [0.15, 0.2) is 54.9 Å². The number of anilines is 1. The van der Waals surface area contributed by atoms with Crippen LogP contribution in [0.5, 0.6) is 5.75 Å². The first-order valence-corrected chi connectivity index (χ1v) is 9.74. The molecule has 30 heavy (non-hydrogen) atoms. The van der Waals surface area contributed by atoms with Crippen LogP contribution in [0.2, 0.25) is 0 Å². The first-order valence-electron chi connectivity index (χ1n) is 9.74. The van der Waals surface area contributed by atoms with Crippen molar-refractivity contribution in [2.24, 2.45) is 0 Å². The number of fused-ring (bicyclic) bond motifs is 1. The summed E-state index contributed by atoms with van der Waals surface area (Å²) in [6, 6.07) is 14.1. The van der Waals surface area contributed by atoms with Gasteiger partial charge in [-0.15, -0.1) is 0 Å². The highest BCUT2D eigenvalue weighted by Crippen LogP contribution is 2.34. The van der Waals surface area contributed by atoms with E-state index in [0.717, 1.165) is 27.9 Å². The molecule has 0 radical (unpaired) electrons. The second-order valence-electron chi connectivity index (χ2n) is 7.29. The molecular formula is C23H22FN5O. The molecule has 0 saturated heterocycles. The summed E-state index contributed by atoms with van der Waals surface area (Å²) in [6.07, 6.45) is 1.49. The van der Waals surface area contributed by atoms with E-state index >= 15 is 0 Å². The summed E-state index contributed by atoms with van der Waals surface area (Å²) in [4.78, 5) is 8.87. The lowest BCUT2D eigenvalue weighted by Gasteiger charge is -2.16. The molecule has 0 spiro atoms. The summed E-state index contributed by atoms with van der Waals surface area (Å²) in [6.45, 7) is 6.30. The Bertz CT molecular complexity index is 1160. The Labute approximate surface area is 174 Å². The lowest BCUT2D eigenvalue weighted by atomic mass is 10.0. The van der Waals surface area contributed by atoms with E-state index in [1.165, 1.54) is 18.5 Å². The average molecular weight is 403 g/mol. The van der Waals surface area contributed by atoms with Crippen LogP contribution >= 0.6 is 0 Å². The number of ether oxygens (including phenoxy) is 1.